The molecular formula is C31H38ClN3O5S. The van der Waals surface area contributed by atoms with Crippen molar-refractivity contribution in [1.29, 1.82) is 0 Å². The molecule has 0 spiro atoms. The average Bonchev–Trinajstić information content (AvgIpc) is 2.92. The van der Waals surface area contributed by atoms with Crippen LogP contribution in [0.2, 0.25) is 5.02 Å². The highest BCUT2D eigenvalue weighted by molar-refractivity contribution is 7.92. The van der Waals surface area contributed by atoms with Crippen molar-refractivity contribution in [3.05, 3.63) is 94.5 Å². The standard InChI is InChI=1S/C31H38ClN3O5S/c1-22(2)19-33-31(37)28(18-24-10-7-6-8-11-24)34(20-25-12-9-13-26(32)17-25)30(36)21-35(41(5,38)39)27-16-23(3)14-15-29(27)40-4/h6-17,22,28H,18-21H2,1-5H3,(H,33,37)/t28-/m0/s1. The molecule has 1 N–H and O–H groups in total. The van der Waals surface area contributed by atoms with Gasteiger partial charge in [-0.15, -0.1) is 0 Å². The van der Waals surface area contributed by atoms with Crippen molar-refractivity contribution in [3.8, 4) is 5.75 Å². The SMILES string of the molecule is COc1ccc(C)cc1N(CC(=O)N(Cc1cccc(Cl)c1)[C@@H](Cc1ccccc1)C(=O)NCC(C)C)S(C)(=O)=O. The van der Waals surface area contributed by atoms with E-state index >= 15 is 0 Å². The van der Waals surface area contributed by atoms with Crippen LogP contribution < -0.4 is 14.4 Å². The van der Waals surface area contributed by atoms with E-state index in [4.69, 9.17) is 16.3 Å². The van der Waals surface area contributed by atoms with Gasteiger partial charge in [0.25, 0.3) is 0 Å². The molecule has 0 aliphatic rings. The highest BCUT2D eigenvalue weighted by atomic mass is 35.5. The average molecular weight is 600 g/mol. The molecular weight excluding hydrogens is 562 g/mol. The number of carbonyl (C=O) groups excluding carboxylic acids is 2. The van der Waals surface area contributed by atoms with Crippen LogP contribution in [0.25, 0.3) is 0 Å². The number of anilines is 1. The highest BCUT2D eigenvalue weighted by Gasteiger charge is 2.33. The summed E-state index contributed by atoms with van der Waals surface area (Å²) >= 11 is 6.25. The number of hydrogen-bond donors (Lipinski definition) is 1. The predicted octanol–water partition coefficient (Wildman–Crippen LogP) is 4.84. The Balaban J connectivity index is 2.09. The van der Waals surface area contributed by atoms with E-state index in [1.807, 2.05) is 57.2 Å². The number of ether oxygens (including phenoxy) is 1. The lowest BCUT2D eigenvalue weighted by molar-refractivity contribution is -0.140. The maximum Gasteiger partial charge on any atom is 0.244 e. The molecule has 0 saturated carbocycles. The van der Waals surface area contributed by atoms with Gasteiger partial charge < -0.3 is 15.0 Å². The van der Waals surface area contributed by atoms with Crippen LogP contribution in [0, 0.1) is 12.8 Å². The number of nitrogens with zero attached hydrogens (tertiary/aromatic N) is 2. The van der Waals surface area contributed by atoms with Crippen LogP contribution in [-0.4, -0.2) is 57.6 Å². The number of amides is 2. The van der Waals surface area contributed by atoms with Gasteiger partial charge in [0.2, 0.25) is 21.8 Å². The molecule has 0 radical (unpaired) electrons. The number of aryl methyl sites for hydroxylation is 1. The van der Waals surface area contributed by atoms with E-state index in [2.05, 4.69) is 5.32 Å². The van der Waals surface area contributed by atoms with Crippen LogP contribution in [0.15, 0.2) is 72.8 Å². The second-order valence-corrected chi connectivity index (χ2v) is 12.8. The fourth-order valence-corrected chi connectivity index (χ4v) is 5.46. The zero-order chi connectivity index (χ0) is 30.2. The summed E-state index contributed by atoms with van der Waals surface area (Å²) in [6.07, 6.45) is 1.28. The van der Waals surface area contributed by atoms with E-state index in [1.165, 1.54) is 12.0 Å². The Hall–Kier alpha value is -3.56. The second kappa shape index (κ2) is 14.4. The van der Waals surface area contributed by atoms with Gasteiger partial charge in [0.15, 0.2) is 0 Å². The summed E-state index contributed by atoms with van der Waals surface area (Å²) in [6, 6.07) is 20.7. The van der Waals surface area contributed by atoms with E-state index in [-0.39, 0.29) is 30.5 Å². The van der Waals surface area contributed by atoms with Gasteiger partial charge in [-0.05, 0) is 53.8 Å². The fourth-order valence-electron chi connectivity index (χ4n) is 4.40. The molecule has 0 heterocycles. The number of methoxy groups -OCH3 is 1. The van der Waals surface area contributed by atoms with Crippen LogP contribution in [-0.2, 0) is 32.6 Å². The third-order valence-electron chi connectivity index (χ3n) is 6.48. The van der Waals surface area contributed by atoms with E-state index in [0.717, 1.165) is 21.7 Å². The fraction of sp³-hybridized carbons (Fsp3) is 0.355. The van der Waals surface area contributed by atoms with Crippen molar-refractivity contribution in [2.45, 2.75) is 39.8 Å². The molecule has 0 aliphatic carbocycles. The van der Waals surface area contributed by atoms with E-state index in [1.54, 1.807) is 36.4 Å². The van der Waals surface area contributed by atoms with Gasteiger partial charge >= 0.3 is 0 Å². The molecule has 3 aromatic carbocycles. The lowest BCUT2D eigenvalue weighted by atomic mass is 10.0. The van der Waals surface area contributed by atoms with Gasteiger partial charge in [-0.2, -0.15) is 0 Å². The first-order valence-corrected chi connectivity index (χ1v) is 15.6. The van der Waals surface area contributed by atoms with Crippen molar-refractivity contribution >= 4 is 39.1 Å². The lowest BCUT2D eigenvalue weighted by Crippen LogP contribution is -2.53. The largest absolute Gasteiger partial charge is 0.495 e. The molecule has 0 saturated heterocycles. The van der Waals surface area contributed by atoms with Crippen LogP contribution >= 0.6 is 11.6 Å². The summed E-state index contributed by atoms with van der Waals surface area (Å²) in [7, 11) is -2.48. The molecule has 8 nitrogen and oxygen atoms in total. The number of sulfonamides is 1. The first-order chi connectivity index (χ1) is 19.4. The number of benzene rings is 3. The molecule has 0 aromatic heterocycles. The Bertz CT molecular complexity index is 1450. The summed E-state index contributed by atoms with van der Waals surface area (Å²) in [5.74, 6) is -0.356. The van der Waals surface area contributed by atoms with Gasteiger partial charge in [-0.3, -0.25) is 13.9 Å². The second-order valence-electron chi connectivity index (χ2n) is 10.4. The number of halogens is 1. The minimum atomic E-state index is -3.92. The summed E-state index contributed by atoms with van der Waals surface area (Å²) in [5.41, 5.74) is 2.61. The maximum absolute atomic E-state index is 14.2. The third-order valence-corrected chi connectivity index (χ3v) is 7.84. The minimum Gasteiger partial charge on any atom is -0.495 e. The van der Waals surface area contributed by atoms with Crippen molar-refractivity contribution in [1.82, 2.24) is 10.2 Å². The molecule has 220 valence electrons. The summed E-state index contributed by atoms with van der Waals surface area (Å²) in [6.45, 7) is 5.75. The number of rotatable bonds is 13. The monoisotopic (exact) mass is 599 g/mol. The Morgan fingerprint density at radius 1 is 0.976 bits per heavy atom. The van der Waals surface area contributed by atoms with Crippen LogP contribution in [0.3, 0.4) is 0 Å². The van der Waals surface area contributed by atoms with Gasteiger partial charge in [0.1, 0.15) is 18.3 Å². The Labute approximate surface area is 248 Å². The lowest BCUT2D eigenvalue weighted by Gasteiger charge is -2.34. The first-order valence-electron chi connectivity index (χ1n) is 13.4. The molecule has 3 aromatic rings. The zero-order valence-electron chi connectivity index (χ0n) is 24.1. The number of hydrogen-bond acceptors (Lipinski definition) is 5. The Kier molecular flexibility index (Phi) is 11.2. The molecule has 41 heavy (non-hydrogen) atoms. The topological polar surface area (TPSA) is 96.0 Å². The molecule has 2 amide bonds. The molecule has 1 atom stereocenters. The summed E-state index contributed by atoms with van der Waals surface area (Å²) < 4.78 is 32.6. The Morgan fingerprint density at radius 2 is 1.66 bits per heavy atom. The number of nitrogens with one attached hydrogen (secondary N) is 1. The van der Waals surface area contributed by atoms with Gasteiger partial charge in [0.05, 0.1) is 19.1 Å². The van der Waals surface area contributed by atoms with Gasteiger partial charge in [0, 0.05) is 24.5 Å². The van der Waals surface area contributed by atoms with Crippen LogP contribution in [0.1, 0.15) is 30.5 Å². The van der Waals surface area contributed by atoms with Gasteiger partial charge in [-0.1, -0.05) is 74.0 Å². The van der Waals surface area contributed by atoms with E-state index in [9.17, 15) is 18.0 Å². The Morgan fingerprint density at radius 3 is 2.27 bits per heavy atom. The van der Waals surface area contributed by atoms with Crippen molar-refractivity contribution in [2.24, 2.45) is 5.92 Å². The van der Waals surface area contributed by atoms with E-state index < -0.39 is 28.5 Å². The smallest absolute Gasteiger partial charge is 0.244 e. The molecule has 3 rings (SSSR count). The van der Waals surface area contributed by atoms with E-state index in [0.29, 0.717) is 22.9 Å². The molecule has 0 unspecified atom stereocenters. The normalized spacial score (nSPS) is 12.1. The first kappa shape index (κ1) is 32.0. The maximum atomic E-state index is 14.2. The molecule has 0 aliphatic heterocycles. The minimum absolute atomic E-state index is 0.0501. The van der Waals surface area contributed by atoms with Crippen molar-refractivity contribution in [2.75, 3.05) is 30.8 Å². The van der Waals surface area contributed by atoms with Gasteiger partial charge in [-0.25, -0.2) is 8.42 Å². The summed E-state index contributed by atoms with van der Waals surface area (Å²) in [4.78, 5) is 29.3. The van der Waals surface area contributed by atoms with Crippen molar-refractivity contribution in [3.63, 3.8) is 0 Å². The molecule has 0 fully saturated rings. The van der Waals surface area contributed by atoms with Crippen molar-refractivity contribution < 1.29 is 22.7 Å². The molecule has 0 bridgehead atoms. The third kappa shape index (κ3) is 9.23. The van der Waals surface area contributed by atoms with Crippen LogP contribution in [0.5, 0.6) is 5.75 Å². The molecule has 10 heteroatoms. The zero-order valence-corrected chi connectivity index (χ0v) is 25.7. The van der Waals surface area contributed by atoms with Crippen LogP contribution in [0.4, 0.5) is 5.69 Å². The highest BCUT2D eigenvalue weighted by Crippen LogP contribution is 2.31. The number of carbonyl (C=O) groups is 2. The summed E-state index contributed by atoms with van der Waals surface area (Å²) in [5, 5.41) is 3.45. The predicted molar refractivity (Wildman–Crippen MR) is 164 cm³/mol. The quantitative estimate of drug-likeness (QED) is 0.303.